The molecule has 0 radical (unpaired) electrons. The number of morpholine rings is 1. The number of nitrogens with zero attached hydrogens (tertiary/aromatic N) is 1. The second kappa shape index (κ2) is 4.04. The number of anilines is 1. The lowest BCUT2D eigenvalue weighted by Gasteiger charge is -2.28. The maximum atomic E-state index is 5.31. The molecule has 1 aromatic heterocycles. The Balaban J connectivity index is 2.27. The van der Waals surface area contributed by atoms with Crippen LogP contribution in [0.25, 0.3) is 0 Å². The van der Waals surface area contributed by atoms with Crippen molar-refractivity contribution < 1.29 is 4.74 Å². The number of rotatable bonds is 1. The molecule has 1 aliphatic heterocycles. The molecule has 0 spiro atoms. The molecule has 1 saturated heterocycles. The number of aryl methyl sites for hydroxylation is 1. The van der Waals surface area contributed by atoms with Crippen LogP contribution < -0.4 is 4.90 Å². The third-order valence-electron chi connectivity index (χ3n) is 2.10. The molecule has 1 aromatic rings. The molecular formula is C8H11NOS3. The van der Waals surface area contributed by atoms with Crippen LogP contribution in [0.5, 0.6) is 0 Å². The Kier molecular flexibility index (Phi) is 2.98. The van der Waals surface area contributed by atoms with Crippen LogP contribution in [-0.2, 0) is 4.74 Å². The highest BCUT2D eigenvalue weighted by Crippen LogP contribution is 2.32. The largest absolute Gasteiger partial charge is 0.378 e. The topological polar surface area (TPSA) is 12.5 Å². The maximum Gasteiger partial charge on any atom is 0.125 e. The second-order valence-corrected chi connectivity index (χ2v) is 5.98. The van der Waals surface area contributed by atoms with Crippen molar-refractivity contribution in [2.45, 2.75) is 6.92 Å². The summed E-state index contributed by atoms with van der Waals surface area (Å²) in [4.78, 5) is 3.69. The van der Waals surface area contributed by atoms with Gasteiger partial charge in [-0.2, -0.15) is 0 Å². The van der Waals surface area contributed by atoms with Crippen LogP contribution in [-0.4, -0.2) is 26.3 Å². The molecule has 0 amide bonds. The smallest absolute Gasteiger partial charge is 0.125 e. The number of ether oxygens (including phenoxy) is 1. The number of hydrogen-bond donors (Lipinski definition) is 0. The summed E-state index contributed by atoms with van der Waals surface area (Å²) in [6.45, 7) is 5.76. The van der Waals surface area contributed by atoms with Gasteiger partial charge in [0.05, 0.1) is 18.9 Å². The van der Waals surface area contributed by atoms with Crippen molar-refractivity contribution in [2.24, 2.45) is 0 Å². The summed E-state index contributed by atoms with van der Waals surface area (Å²) in [5, 5.41) is 0. The summed E-state index contributed by atoms with van der Waals surface area (Å²) < 4.78 is 6.34. The van der Waals surface area contributed by atoms with E-state index in [0.29, 0.717) is 0 Å². The zero-order valence-electron chi connectivity index (χ0n) is 7.41. The van der Waals surface area contributed by atoms with E-state index in [-0.39, 0.29) is 0 Å². The van der Waals surface area contributed by atoms with Gasteiger partial charge in [-0.05, 0) is 6.92 Å². The lowest BCUT2D eigenvalue weighted by Crippen LogP contribution is -2.36. The first-order valence-electron chi connectivity index (χ1n) is 4.21. The summed E-state index contributed by atoms with van der Waals surface area (Å²) in [5.74, 6) is 0. The van der Waals surface area contributed by atoms with Crippen LogP contribution in [0.1, 0.15) is 4.88 Å². The SMILES string of the molecule is Cc1ssc(=S)c1N1CCOCC1. The molecule has 0 atom stereocenters. The molecule has 0 N–H and O–H groups in total. The number of hydrogen-bond acceptors (Lipinski definition) is 5. The summed E-state index contributed by atoms with van der Waals surface area (Å²) in [6, 6.07) is 0. The van der Waals surface area contributed by atoms with E-state index in [1.807, 2.05) is 0 Å². The Morgan fingerprint density at radius 3 is 2.54 bits per heavy atom. The van der Waals surface area contributed by atoms with Gasteiger partial charge >= 0.3 is 0 Å². The predicted molar refractivity (Wildman–Crippen MR) is 60.8 cm³/mol. The third-order valence-corrected chi connectivity index (χ3v) is 5.23. The minimum absolute atomic E-state index is 0.828. The monoisotopic (exact) mass is 233 g/mol. The fourth-order valence-electron chi connectivity index (χ4n) is 1.46. The van der Waals surface area contributed by atoms with E-state index in [1.165, 1.54) is 10.6 Å². The van der Waals surface area contributed by atoms with Crippen LogP contribution in [0.15, 0.2) is 0 Å². The summed E-state index contributed by atoms with van der Waals surface area (Å²) >= 11 is 5.30. The molecule has 0 aliphatic carbocycles. The fourth-order valence-corrected chi connectivity index (χ4v) is 4.13. The molecule has 2 rings (SSSR count). The van der Waals surface area contributed by atoms with Crippen molar-refractivity contribution in [3.8, 4) is 0 Å². The Hall–Kier alpha value is 0.0300. The molecule has 1 aliphatic rings. The van der Waals surface area contributed by atoms with Crippen LogP contribution in [0.3, 0.4) is 0 Å². The molecule has 1 fully saturated rings. The van der Waals surface area contributed by atoms with E-state index < -0.39 is 0 Å². The van der Waals surface area contributed by atoms with E-state index in [9.17, 15) is 0 Å². The van der Waals surface area contributed by atoms with Crippen molar-refractivity contribution >= 4 is 38.6 Å². The Labute approximate surface area is 90.2 Å². The van der Waals surface area contributed by atoms with Gasteiger partial charge in [0.15, 0.2) is 0 Å². The second-order valence-electron chi connectivity index (χ2n) is 2.96. The lowest BCUT2D eigenvalue weighted by atomic mass is 10.3. The van der Waals surface area contributed by atoms with Gasteiger partial charge in [-0.25, -0.2) is 0 Å². The Morgan fingerprint density at radius 1 is 1.31 bits per heavy atom. The minimum atomic E-state index is 0.828. The molecule has 0 saturated carbocycles. The van der Waals surface area contributed by atoms with Crippen molar-refractivity contribution in [1.29, 1.82) is 0 Å². The highest BCUT2D eigenvalue weighted by molar-refractivity contribution is 7.80. The summed E-state index contributed by atoms with van der Waals surface area (Å²) in [6.07, 6.45) is 0. The molecule has 0 bridgehead atoms. The van der Waals surface area contributed by atoms with Crippen LogP contribution in [0.4, 0.5) is 5.69 Å². The normalized spacial score (nSPS) is 17.8. The Morgan fingerprint density at radius 2 is 2.00 bits per heavy atom. The molecule has 2 nitrogen and oxygen atoms in total. The first-order chi connectivity index (χ1) is 6.29. The molecule has 0 unspecified atom stereocenters. The van der Waals surface area contributed by atoms with Gasteiger partial charge in [0.2, 0.25) is 0 Å². The van der Waals surface area contributed by atoms with E-state index >= 15 is 0 Å². The molecule has 13 heavy (non-hydrogen) atoms. The third kappa shape index (κ3) is 1.93. The zero-order valence-corrected chi connectivity index (χ0v) is 9.86. The van der Waals surface area contributed by atoms with E-state index in [2.05, 4.69) is 11.8 Å². The van der Waals surface area contributed by atoms with Gasteiger partial charge in [0.25, 0.3) is 0 Å². The van der Waals surface area contributed by atoms with Gasteiger partial charge < -0.3 is 9.64 Å². The summed E-state index contributed by atoms with van der Waals surface area (Å²) in [7, 11) is 3.48. The van der Waals surface area contributed by atoms with Gasteiger partial charge in [-0.3, -0.25) is 0 Å². The van der Waals surface area contributed by atoms with Crippen molar-refractivity contribution in [3.05, 3.63) is 8.70 Å². The van der Waals surface area contributed by atoms with Gasteiger partial charge in [-0.1, -0.05) is 32.9 Å². The van der Waals surface area contributed by atoms with E-state index in [4.69, 9.17) is 17.0 Å². The first kappa shape index (κ1) is 9.58. The average Bonchev–Trinajstić information content (AvgIpc) is 2.48. The molecule has 2 heterocycles. The lowest BCUT2D eigenvalue weighted by molar-refractivity contribution is 0.122. The fraction of sp³-hybridized carbons (Fsp3) is 0.625. The zero-order chi connectivity index (χ0) is 9.26. The molecule has 72 valence electrons. The van der Waals surface area contributed by atoms with Crippen molar-refractivity contribution in [3.63, 3.8) is 0 Å². The van der Waals surface area contributed by atoms with Crippen LogP contribution in [0.2, 0.25) is 0 Å². The maximum absolute atomic E-state index is 5.31. The Bertz CT molecular complexity index is 337. The van der Waals surface area contributed by atoms with Crippen molar-refractivity contribution in [2.75, 3.05) is 31.2 Å². The van der Waals surface area contributed by atoms with Gasteiger partial charge in [0.1, 0.15) is 3.82 Å². The molecule has 5 heteroatoms. The summed E-state index contributed by atoms with van der Waals surface area (Å²) in [5.41, 5.74) is 1.27. The quantitative estimate of drug-likeness (QED) is 0.546. The first-order valence-corrected chi connectivity index (χ1v) is 6.77. The van der Waals surface area contributed by atoms with E-state index in [1.54, 1.807) is 20.7 Å². The van der Waals surface area contributed by atoms with Crippen LogP contribution >= 0.6 is 32.9 Å². The highest BCUT2D eigenvalue weighted by Gasteiger charge is 2.15. The van der Waals surface area contributed by atoms with Gasteiger partial charge in [0, 0.05) is 18.0 Å². The minimum Gasteiger partial charge on any atom is -0.378 e. The van der Waals surface area contributed by atoms with Crippen LogP contribution in [0, 0.1) is 10.7 Å². The molecular weight excluding hydrogens is 222 g/mol. The highest BCUT2D eigenvalue weighted by atomic mass is 32.9. The van der Waals surface area contributed by atoms with E-state index in [0.717, 1.165) is 30.1 Å². The standard InChI is InChI=1S/C8H11NOS3/c1-6-7(8(11)13-12-6)9-2-4-10-5-3-9/h2-5H2,1H3. The average molecular weight is 233 g/mol. The molecule has 0 aromatic carbocycles. The van der Waals surface area contributed by atoms with Crippen molar-refractivity contribution in [1.82, 2.24) is 0 Å². The predicted octanol–water partition coefficient (Wildman–Crippen LogP) is 2.68. The van der Waals surface area contributed by atoms with Gasteiger partial charge in [-0.15, -0.1) is 0 Å².